The number of hydrogen-bond acceptors (Lipinski definition) is 6. The third kappa shape index (κ3) is 8.29. The molecule has 0 spiro atoms. The number of benzene rings is 2. The van der Waals surface area contributed by atoms with E-state index in [1.807, 2.05) is 36.4 Å². The number of rotatable bonds is 10. The first-order valence-corrected chi connectivity index (χ1v) is 10.3. The van der Waals surface area contributed by atoms with E-state index in [1.54, 1.807) is 26.3 Å². The minimum atomic E-state index is 0. The Balaban J connectivity index is 0.00000363. The summed E-state index contributed by atoms with van der Waals surface area (Å²) in [6, 6.07) is 15.0. The molecule has 32 heavy (non-hydrogen) atoms. The molecule has 0 fully saturated rings. The molecule has 0 amide bonds. The van der Waals surface area contributed by atoms with Crippen LogP contribution in [0.4, 0.5) is 5.69 Å². The summed E-state index contributed by atoms with van der Waals surface area (Å²) >= 11 is 5.92. The van der Waals surface area contributed by atoms with Crippen LogP contribution in [0.25, 0.3) is 11.4 Å². The number of aromatic nitrogens is 2. The summed E-state index contributed by atoms with van der Waals surface area (Å²) in [4.78, 5) is 8.67. The minimum Gasteiger partial charge on any atom is -0.493 e. The summed E-state index contributed by atoms with van der Waals surface area (Å²) in [6.45, 7) is 1.86. The van der Waals surface area contributed by atoms with Gasteiger partial charge in [-0.15, -0.1) is 24.0 Å². The van der Waals surface area contributed by atoms with Crippen LogP contribution in [0.3, 0.4) is 0 Å². The number of methoxy groups -OCH3 is 1. The van der Waals surface area contributed by atoms with Crippen molar-refractivity contribution in [3.8, 4) is 17.1 Å². The van der Waals surface area contributed by atoms with Gasteiger partial charge in [0.1, 0.15) is 5.75 Å². The average Bonchev–Trinajstić information content (AvgIpc) is 3.26. The van der Waals surface area contributed by atoms with Crippen LogP contribution in [0.2, 0.25) is 5.02 Å². The van der Waals surface area contributed by atoms with Crippen LogP contribution >= 0.6 is 35.6 Å². The van der Waals surface area contributed by atoms with Gasteiger partial charge in [0.15, 0.2) is 5.96 Å². The Morgan fingerprint density at radius 2 is 1.97 bits per heavy atom. The van der Waals surface area contributed by atoms with Crippen LogP contribution in [-0.4, -0.2) is 50.0 Å². The fourth-order valence-electron chi connectivity index (χ4n) is 2.73. The summed E-state index contributed by atoms with van der Waals surface area (Å²) in [5.41, 5.74) is 1.73. The van der Waals surface area contributed by atoms with Crippen molar-refractivity contribution in [3.05, 3.63) is 59.4 Å². The molecule has 0 aliphatic carbocycles. The van der Waals surface area contributed by atoms with Crippen molar-refractivity contribution in [1.29, 1.82) is 0 Å². The largest absolute Gasteiger partial charge is 0.493 e. The van der Waals surface area contributed by atoms with E-state index in [-0.39, 0.29) is 24.0 Å². The van der Waals surface area contributed by atoms with Crippen molar-refractivity contribution in [1.82, 2.24) is 15.5 Å². The summed E-state index contributed by atoms with van der Waals surface area (Å²) in [7, 11) is 3.39. The summed E-state index contributed by atoms with van der Waals surface area (Å²) in [5, 5.41) is 11.2. The van der Waals surface area contributed by atoms with E-state index in [1.165, 1.54) is 0 Å². The predicted molar refractivity (Wildman–Crippen MR) is 137 cm³/mol. The molecule has 10 heteroatoms. The zero-order valence-electron chi connectivity index (χ0n) is 18.0. The first kappa shape index (κ1) is 25.9. The second-order valence-electron chi connectivity index (χ2n) is 6.62. The van der Waals surface area contributed by atoms with Gasteiger partial charge in [-0.3, -0.25) is 4.99 Å². The van der Waals surface area contributed by atoms with Crippen LogP contribution in [0.15, 0.2) is 58.0 Å². The molecule has 0 unspecified atom stereocenters. The lowest BCUT2D eigenvalue weighted by molar-refractivity contribution is 0.172. The SMILES string of the molecule is CN=C(NCCc1nc(-c2ccc(Cl)cc2)no1)Nc1cccc(OCCCOC)c1.I. The Bertz CT molecular complexity index is 982. The van der Waals surface area contributed by atoms with Crippen LogP contribution in [-0.2, 0) is 11.2 Å². The molecule has 0 atom stereocenters. The molecule has 2 aromatic carbocycles. The molecule has 3 aromatic rings. The Morgan fingerprint density at radius 3 is 2.72 bits per heavy atom. The van der Waals surface area contributed by atoms with Crippen LogP contribution in [0.1, 0.15) is 12.3 Å². The van der Waals surface area contributed by atoms with Gasteiger partial charge in [0, 0.05) is 62.5 Å². The molecule has 2 N–H and O–H groups in total. The van der Waals surface area contributed by atoms with Gasteiger partial charge in [-0.2, -0.15) is 4.98 Å². The lowest BCUT2D eigenvalue weighted by atomic mass is 10.2. The first-order chi connectivity index (χ1) is 15.2. The van der Waals surface area contributed by atoms with Gasteiger partial charge < -0.3 is 24.6 Å². The number of nitrogens with zero attached hydrogens (tertiary/aromatic N) is 3. The Morgan fingerprint density at radius 1 is 1.16 bits per heavy atom. The van der Waals surface area contributed by atoms with E-state index in [0.29, 0.717) is 48.9 Å². The van der Waals surface area contributed by atoms with Gasteiger partial charge in [0.05, 0.1) is 6.61 Å². The van der Waals surface area contributed by atoms with Gasteiger partial charge in [-0.1, -0.05) is 22.8 Å². The highest BCUT2D eigenvalue weighted by molar-refractivity contribution is 14.0. The molecule has 1 heterocycles. The maximum Gasteiger partial charge on any atom is 0.228 e. The molecule has 172 valence electrons. The number of nitrogens with one attached hydrogen (secondary N) is 2. The van der Waals surface area contributed by atoms with Gasteiger partial charge in [-0.05, 0) is 36.4 Å². The number of guanidine groups is 1. The minimum absolute atomic E-state index is 0. The molecule has 3 rings (SSSR count). The summed E-state index contributed by atoms with van der Waals surface area (Å²) in [5.74, 6) is 2.50. The highest BCUT2D eigenvalue weighted by atomic mass is 127. The van der Waals surface area contributed by atoms with Crippen LogP contribution in [0.5, 0.6) is 5.75 Å². The van der Waals surface area contributed by atoms with Crippen LogP contribution < -0.4 is 15.4 Å². The first-order valence-electron chi connectivity index (χ1n) is 9.96. The molecule has 0 saturated heterocycles. The molecule has 0 aliphatic rings. The molecule has 0 saturated carbocycles. The van der Waals surface area contributed by atoms with Crippen molar-refractivity contribution < 1.29 is 14.0 Å². The average molecular weight is 572 g/mol. The molecular weight excluding hydrogens is 545 g/mol. The highest BCUT2D eigenvalue weighted by Crippen LogP contribution is 2.19. The Labute approximate surface area is 209 Å². The van der Waals surface area contributed by atoms with Gasteiger partial charge in [-0.25, -0.2) is 0 Å². The number of aliphatic imine (C=N–C) groups is 1. The number of anilines is 1. The van der Waals surface area contributed by atoms with E-state index in [4.69, 9.17) is 25.6 Å². The number of halogens is 2. The molecule has 0 radical (unpaired) electrons. The van der Waals surface area contributed by atoms with E-state index in [2.05, 4.69) is 25.8 Å². The quantitative estimate of drug-likeness (QED) is 0.158. The second kappa shape index (κ2) is 13.9. The van der Waals surface area contributed by atoms with E-state index in [0.717, 1.165) is 23.4 Å². The number of ether oxygens (including phenoxy) is 2. The maximum atomic E-state index is 5.92. The topological polar surface area (TPSA) is 93.8 Å². The van der Waals surface area contributed by atoms with Crippen molar-refractivity contribution in [3.63, 3.8) is 0 Å². The van der Waals surface area contributed by atoms with E-state index < -0.39 is 0 Å². The van der Waals surface area contributed by atoms with Gasteiger partial charge in [0.25, 0.3) is 0 Å². The lowest BCUT2D eigenvalue weighted by Crippen LogP contribution is -2.32. The fourth-order valence-corrected chi connectivity index (χ4v) is 2.86. The smallest absolute Gasteiger partial charge is 0.228 e. The normalized spacial score (nSPS) is 11.0. The molecule has 0 aliphatic heterocycles. The van der Waals surface area contributed by atoms with E-state index in [9.17, 15) is 0 Å². The van der Waals surface area contributed by atoms with Crippen molar-refractivity contribution in [2.45, 2.75) is 12.8 Å². The van der Waals surface area contributed by atoms with Crippen molar-refractivity contribution in [2.75, 3.05) is 39.2 Å². The molecule has 1 aromatic heterocycles. The van der Waals surface area contributed by atoms with Gasteiger partial charge in [0.2, 0.25) is 11.7 Å². The molecule has 0 bridgehead atoms. The Kier molecular flexibility index (Phi) is 11.3. The van der Waals surface area contributed by atoms with Gasteiger partial charge >= 0.3 is 0 Å². The molecular formula is C22H27ClIN5O3. The maximum absolute atomic E-state index is 5.92. The predicted octanol–water partition coefficient (Wildman–Crippen LogP) is 4.65. The van der Waals surface area contributed by atoms with Crippen molar-refractivity contribution >= 4 is 47.2 Å². The third-order valence-corrected chi connectivity index (χ3v) is 4.54. The Hall–Kier alpha value is -2.37. The molecule has 8 nitrogen and oxygen atoms in total. The van der Waals surface area contributed by atoms with E-state index >= 15 is 0 Å². The zero-order valence-corrected chi connectivity index (χ0v) is 21.1. The number of hydrogen-bond donors (Lipinski definition) is 2. The lowest BCUT2D eigenvalue weighted by Gasteiger charge is -2.12. The standard InChI is InChI=1S/C22H26ClN5O3.HI/c1-24-22(26-18-5-3-6-19(15-18)30-14-4-13-29-2)25-12-11-20-27-21(28-31-20)16-7-9-17(23)10-8-16;/h3,5-10,15H,4,11-14H2,1-2H3,(H2,24,25,26);1H. The highest BCUT2D eigenvalue weighted by Gasteiger charge is 2.09. The van der Waals surface area contributed by atoms with Crippen LogP contribution in [0, 0.1) is 0 Å². The third-order valence-electron chi connectivity index (χ3n) is 4.28. The fraction of sp³-hybridized carbons (Fsp3) is 0.318. The van der Waals surface area contributed by atoms with Crippen molar-refractivity contribution in [2.24, 2.45) is 4.99 Å². The zero-order chi connectivity index (χ0) is 21.9. The monoisotopic (exact) mass is 571 g/mol. The summed E-state index contributed by atoms with van der Waals surface area (Å²) < 4.78 is 16.1. The summed E-state index contributed by atoms with van der Waals surface area (Å²) in [6.07, 6.45) is 1.40. The second-order valence-corrected chi connectivity index (χ2v) is 7.05.